The van der Waals surface area contributed by atoms with Crippen LogP contribution in [0.1, 0.15) is 50.4 Å². The van der Waals surface area contributed by atoms with Gasteiger partial charge in [0.05, 0.1) is 16.9 Å². The summed E-state index contributed by atoms with van der Waals surface area (Å²) in [5, 5.41) is 9.53. The highest BCUT2D eigenvalue weighted by molar-refractivity contribution is 5.91. The molecule has 1 aliphatic rings. The molecule has 1 aromatic heterocycles. The number of amides is 1. The largest absolute Gasteiger partial charge is 0.425 e. The minimum absolute atomic E-state index is 0.00834. The summed E-state index contributed by atoms with van der Waals surface area (Å²) in [5.41, 5.74) is 0.922. The molecule has 0 bridgehead atoms. The molecule has 0 saturated heterocycles. The Balaban J connectivity index is 1.78. The Kier molecular flexibility index (Phi) is 8.94. The number of carbonyl (C=O) groups excluding carboxylic acids is 1. The first-order valence-corrected chi connectivity index (χ1v) is 12.5. The van der Waals surface area contributed by atoms with Crippen molar-refractivity contribution in [1.29, 1.82) is 0 Å². The molecule has 1 aromatic carbocycles. The SMILES string of the molecule is C=C(NCC)NC(=C)OC(=NC)C(NC(=O)C1CCc2[nH]c3c(C(F)(F)F)cccc3c2C1)[C@@H](C)CC. The Morgan fingerprint density at radius 1 is 1.30 bits per heavy atom. The van der Waals surface area contributed by atoms with Gasteiger partial charge in [0.2, 0.25) is 11.8 Å². The van der Waals surface area contributed by atoms with E-state index in [2.05, 4.69) is 39.1 Å². The summed E-state index contributed by atoms with van der Waals surface area (Å²) in [5.74, 6) is 0.489. The molecular weight excluding hydrogens is 483 g/mol. The number of alkyl halides is 3. The molecule has 0 radical (unpaired) electrons. The maximum atomic E-state index is 13.5. The van der Waals surface area contributed by atoms with Crippen molar-refractivity contribution in [3.05, 3.63) is 59.9 Å². The first-order valence-electron chi connectivity index (χ1n) is 12.5. The number of hydrogen-bond donors (Lipinski definition) is 4. The number of aryl methyl sites for hydroxylation is 1. The number of rotatable bonds is 10. The van der Waals surface area contributed by atoms with Crippen molar-refractivity contribution in [2.24, 2.45) is 16.8 Å². The van der Waals surface area contributed by atoms with Crippen LogP contribution in [-0.4, -0.2) is 36.4 Å². The lowest BCUT2D eigenvalue weighted by Crippen LogP contribution is -2.49. The minimum atomic E-state index is -4.46. The Morgan fingerprint density at radius 3 is 2.65 bits per heavy atom. The van der Waals surface area contributed by atoms with E-state index in [4.69, 9.17) is 4.74 Å². The summed E-state index contributed by atoms with van der Waals surface area (Å²) in [4.78, 5) is 20.7. The van der Waals surface area contributed by atoms with E-state index in [0.29, 0.717) is 42.9 Å². The third kappa shape index (κ3) is 6.47. The predicted octanol–water partition coefficient (Wildman–Crippen LogP) is 5.01. The number of ether oxygens (including phenoxy) is 1. The van der Waals surface area contributed by atoms with E-state index in [0.717, 1.165) is 23.7 Å². The van der Waals surface area contributed by atoms with Gasteiger partial charge >= 0.3 is 6.18 Å². The van der Waals surface area contributed by atoms with Gasteiger partial charge in [0.15, 0.2) is 5.88 Å². The monoisotopic (exact) mass is 519 g/mol. The van der Waals surface area contributed by atoms with Gasteiger partial charge < -0.3 is 25.7 Å². The van der Waals surface area contributed by atoms with E-state index in [9.17, 15) is 18.0 Å². The van der Waals surface area contributed by atoms with Gasteiger partial charge in [-0.3, -0.25) is 9.79 Å². The number of nitrogens with zero attached hydrogens (tertiary/aromatic N) is 1. The molecule has 1 heterocycles. The van der Waals surface area contributed by atoms with E-state index in [-0.39, 0.29) is 29.1 Å². The summed E-state index contributed by atoms with van der Waals surface area (Å²) in [6.45, 7) is 14.3. The van der Waals surface area contributed by atoms with Crippen molar-refractivity contribution >= 4 is 22.7 Å². The highest BCUT2D eigenvalue weighted by atomic mass is 19.4. The smallest absolute Gasteiger partial charge is 0.418 e. The van der Waals surface area contributed by atoms with E-state index in [1.54, 1.807) is 13.1 Å². The van der Waals surface area contributed by atoms with E-state index in [1.165, 1.54) is 6.07 Å². The van der Waals surface area contributed by atoms with Crippen LogP contribution in [-0.2, 0) is 28.5 Å². The lowest BCUT2D eigenvalue weighted by atomic mass is 9.85. The molecule has 0 aliphatic heterocycles. The highest BCUT2D eigenvalue weighted by Crippen LogP contribution is 2.39. The molecule has 202 valence electrons. The maximum Gasteiger partial charge on any atom is 0.418 e. The average molecular weight is 520 g/mol. The summed E-state index contributed by atoms with van der Waals surface area (Å²) in [6.07, 6.45) is -2.33. The fraction of sp³-hybridized carbons (Fsp3) is 0.481. The zero-order valence-electron chi connectivity index (χ0n) is 21.8. The Bertz CT molecular complexity index is 1180. The van der Waals surface area contributed by atoms with Crippen molar-refractivity contribution < 1.29 is 22.7 Å². The number of aromatic nitrogens is 1. The molecule has 0 spiro atoms. The molecule has 10 heteroatoms. The zero-order valence-corrected chi connectivity index (χ0v) is 21.8. The van der Waals surface area contributed by atoms with Gasteiger partial charge in [-0.05, 0) is 50.3 Å². The molecule has 3 rings (SSSR count). The fourth-order valence-electron chi connectivity index (χ4n) is 4.68. The number of H-pyrrole nitrogens is 1. The first-order chi connectivity index (χ1) is 17.5. The average Bonchev–Trinajstić information content (AvgIpc) is 3.22. The summed E-state index contributed by atoms with van der Waals surface area (Å²) < 4.78 is 46.4. The standard InChI is InChI=1S/C27H36F3N5O2/c1-7-15(3)23(26(31-6)37-17(5)33-16(4)32-8-2)35-25(36)18-12-13-22-20(14-18)19-10-9-11-21(24(19)34-22)27(28,29)30/h9-11,15,18,23,32-34H,4-5,7-8,12-14H2,1-3,6H3,(H,35,36)/t15-,18?,23?/m0/s1. The van der Waals surface area contributed by atoms with Gasteiger partial charge in [-0.25, -0.2) is 0 Å². The second-order valence-electron chi connectivity index (χ2n) is 9.34. The van der Waals surface area contributed by atoms with Crippen LogP contribution >= 0.6 is 0 Å². The molecule has 37 heavy (non-hydrogen) atoms. The quantitative estimate of drug-likeness (QED) is 0.202. The first kappa shape index (κ1) is 28.1. The third-order valence-electron chi connectivity index (χ3n) is 6.80. The predicted molar refractivity (Wildman–Crippen MR) is 140 cm³/mol. The number of aliphatic imine (C=N–C) groups is 1. The number of halogens is 3. The fourth-order valence-corrected chi connectivity index (χ4v) is 4.68. The van der Waals surface area contributed by atoms with Crippen LogP contribution in [0.3, 0.4) is 0 Å². The molecule has 0 fully saturated rings. The number of para-hydroxylation sites is 1. The number of fused-ring (bicyclic) bond motifs is 3. The topological polar surface area (TPSA) is 90.5 Å². The van der Waals surface area contributed by atoms with Crippen LogP contribution in [0.15, 0.2) is 48.1 Å². The molecule has 0 saturated carbocycles. The summed E-state index contributed by atoms with van der Waals surface area (Å²) in [7, 11) is 1.58. The second kappa shape index (κ2) is 11.7. The molecular formula is C27H36F3N5O2. The van der Waals surface area contributed by atoms with Crippen LogP contribution in [0.4, 0.5) is 13.2 Å². The van der Waals surface area contributed by atoms with E-state index < -0.39 is 17.8 Å². The summed E-state index contributed by atoms with van der Waals surface area (Å²) in [6, 6.07) is 3.66. The normalized spacial score (nSPS) is 17.5. The Labute approximate surface area is 215 Å². The molecule has 2 unspecified atom stereocenters. The number of carbonyl (C=O) groups is 1. The number of aromatic amines is 1. The number of nitrogens with one attached hydrogen (secondary N) is 4. The molecule has 2 aromatic rings. The second-order valence-corrected chi connectivity index (χ2v) is 9.34. The lowest BCUT2D eigenvalue weighted by Gasteiger charge is -2.29. The van der Waals surface area contributed by atoms with Gasteiger partial charge in [-0.1, -0.05) is 39.0 Å². The summed E-state index contributed by atoms with van der Waals surface area (Å²) >= 11 is 0. The van der Waals surface area contributed by atoms with E-state index >= 15 is 0 Å². The lowest BCUT2D eigenvalue weighted by molar-refractivity contribution is -0.136. The van der Waals surface area contributed by atoms with Crippen LogP contribution in [0.25, 0.3) is 10.9 Å². The van der Waals surface area contributed by atoms with Crippen molar-refractivity contribution in [1.82, 2.24) is 20.9 Å². The van der Waals surface area contributed by atoms with Crippen LogP contribution in [0, 0.1) is 11.8 Å². The Hall–Kier alpha value is -3.43. The van der Waals surface area contributed by atoms with Crippen LogP contribution in [0.5, 0.6) is 0 Å². The van der Waals surface area contributed by atoms with Gasteiger partial charge in [-0.15, -0.1) is 0 Å². The molecule has 7 nitrogen and oxygen atoms in total. The van der Waals surface area contributed by atoms with Crippen molar-refractivity contribution in [2.45, 2.75) is 58.7 Å². The van der Waals surface area contributed by atoms with E-state index in [1.807, 2.05) is 20.8 Å². The molecule has 1 amide bonds. The van der Waals surface area contributed by atoms with Crippen molar-refractivity contribution in [2.75, 3.05) is 13.6 Å². The maximum absolute atomic E-state index is 13.5. The third-order valence-corrected chi connectivity index (χ3v) is 6.80. The van der Waals surface area contributed by atoms with Crippen molar-refractivity contribution in [3.8, 4) is 0 Å². The molecule has 4 N–H and O–H groups in total. The van der Waals surface area contributed by atoms with Crippen LogP contribution in [0.2, 0.25) is 0 Å². The van der Waals surface area contributed by atoms with Gasteiger partial charge in [-0.2, -0.15) is 13.2 Å². The van der Waals surface area contributed by atoms with Gasteiger partial charge in [0.25, 0.3) is 0 Å². The van der Waals surface area contributed by atoms with Gasteiger partial charge in [0, 0.05) is 30.6 Å². The van der Waals surface area contributed by atoms with Crippen LogP contribution < -0.4 is 16.0 Å². The molecule has 1 aliphatic carbocycles. The zero-order chi connectivity index (χ0) is 27.3. The van der Waals surface area contributed by atoms with Crippen molar-refractivity contribution in [3.63, 3.8) is 0 Å². The molecule has 3 atom stereocenters. The highest BCUT2D eigenvalue weighted by Gasteiger charge is 2.36. The van der Waals surface area contributed by atoms with Gasteiger partial charge in [0.1, 0.15) is 6.04 Å². The number of hydrogen-bond acceptors (Lipinski definition) is 5. The number of benzene rings is 1. The Morgan fingerprint density at radius 2 is 2.03 bits per heavy atom. The minimum Gasteiger partial charge on any atom is -0.425 e.